The molecule has 0 radical (unpaired) electrons. The first kappa shape index (κ1) is 17.1. The van der Waals surface area contributed by atoms with Crippen molar-refractivity contribution < 1.29 is 0 Å². The number of rotatable bonds is 11. The van der Waals surface area contributed by atoms with Crippen LogP contribution in [0.5, 0.6) is 0 Å². The minimum atomic E-state index is 0.939. The van der Waals surface area contributed by atoms with Gasteiger partial charge in [0.2, 0.25) is 0 Å². The van der Waals surface area contributed by atoms with Gasteiger partial charge in [-0.15, -0.1) is 0 Å². The van der Waals surface area contributed by atoms with Gasteiger partial charge in [-0.2, -0.15) is 0 Å². The van der Waals surface area contributed by atoms with Gasteiger partial charge in [-0.3, -0.25) is 0 Å². The van der Waals surface area contributed by atoms with E-state index in [1.165, 1.54) is 81.8 Å². The molecule has 0 saturated carbocycles. The van der Waals surface area contributed by atoms with Crippen LogP contribution in [0, 0.1) is 6.92 Å². The Morgan fingerprint density at radius 1 is 0.800 bits per heavy atom. The summed E-state index contributed by atoms with van der Waals surface area (Å²) < 4.78 is 0. The lowest BCUT2D eigenvalue weighted by atomic mass is 10.0. The van der Waals surface area contributed by atoms with E-state index in [0.717, 1.165) is 5.69 Å². The van der Waals surface area contributed by atoms with Crippen LogP contribution < -0.4 is 5.73 Å². The summed E-state index contributed by atoms with van der Waals surface area (Å²) in [5.74, 6) is 0. The molecule has 2 N–H and O–H groups in total. The number of hydrogen-bond acceptors (Lipinski definition) is 1. The topological polar surface area (TPSA) is 26.0 Å². The predicted octanol–water partition coefficient (Wildman–Crippen LogP) is 6.04. The molecule has 20 heavy (non-hydrogen) atoms. The third kappa shape index (κ3) is 7.57. The number of benzene rings is 1. The molecule has 1 aromatic carbocycles. The molecule has 0 heterocycles. The monoisotopic (exact) mass is 275 g/mol. The fraction of sp³-hybridized carbons (Fsp3) is 0.684. The van der Waals surface area contributed by atoms with Crippen molar-refractivity contribution in [2.24, 2.45) is 0 Å². The average molecular weight is 275 g/mol. The summed E-state index contributed by atoms with van der Waals surface area (Å²) in [6.07, 6.45) is 15.2. The Bertz CT molecular complexity index is 357. The lowest BCUT2D eigenvalue weighted by molar-refractivity contribution is 0.556. The molecule has 0 fully saturated rings. The van der Waals surface area contributed by atoms with E-state index in [9.17, 15) is 0 Å². The van der Waals surface area contributed by atoms with E-state index in [-0.39, 0.29) is 0 Å². The molecule has 0 amide bonds. The van der Waals surface area contributed by atoms with Crippen LogP contribution in [0.15, 0.2) is 18.2 Å². The van der Waals surface area contributed by atoms with E-state index in [0.29, 0.717) is 0 Å². The molecule has 114 valence electrons. The number of aryl methyl sites for hydroxylation is 2. The summed E-state index contributed by atoms with van der Waals surface area (Å²) in [7, 11) is 0. The van der Waals surface area contributed by atoms with Gasteiger partial charge in [-0.05, 0) is 37.0 Å². The molecule has 0 aliphatic heterocycles. The zero-order chi connectivity index (χ0) is 14.6. The smallest absolute Gasteiger partial charge is 0.0346 e. The van der Waals surface area contributed by atoms with Gasteiger partial charge in [0.05, 0.1) is 0 Å². The van der Waals surface area contributed by atoms with Crippen molar-refractivity contribution in [1.29, 1.82) is 0 Å². The number of nitrogens with two attached hydrogens (primary N) is 1. The van der Waals surface area contributed by atoms with E-state index in [2.05, 4.69) is 32.0 Å². The second-order valence-electron chi connectivity index (χ2n) is 6.12. The number of nitrogen functional groups attached to an aromatic ring is 1. The fourth-order valence-electron chi connectivity index (χ4n) is 2.66. The highest BCUT2D eigenvalue weighted by Crippen LogP contribution is 2.16. The van der Waals surface area contributed by atoms with Gasteiger partial charge in [0.1, 0.15) is 0 Å². The predicted molar refractivity (Wildman–Crippen MR) is 91.1 cm³/mol. The summed E-state index contributed by atoms with van der Waals surface area (Å²) in [5.41, 5.74) is 9.47. The Labute approximate surface area is 126 Å². The zero-order valence-electron chi connectivity index (χ0n) is 13.6. The highest BCUT2D eigenvalue weighted by molar-refractivity contribution is 5.48. The molecule has 0 unspecified atom stereocenters. The second kappa shape index (κ2) is 10.8. The van der Waals surface area contributed by atoms with Crippen molar-refractivity contribution >= 4 is 5.69 Å². The molecule has 1 aromatic rings. The quantitative estimate of drug-likeness (QED) is 0.386. The average Bonchev–Trinajstić information content (AvgIpc) is 2.45. The van der Waals surface area contributed by atoms with Crippen LogP contribution in [0.4, 0.5) is 5.69 Å². The summed E-state index contributed by atoms with van der Waals surface area (Å²) in [6, 6.07) is 6.50. The first-order valence-corrected chi connectivity index (χ1v) is 8.59. The highest BCUT2D eigenvalue weighted by Gasteiger charge is 1.98. The summed E-state index contributed by atoms with van der Waals surface area (Å²) in [4.78, 5) is 0. The third-order valence-corrected chi connectivity index (χ3v) is 4.16. The maximum absolute atomic E-state index is 5.94. The van der Waals surface area contributed by atoms with Crippen molar-refractivity contribution in [3.63, 3.8) is 0 Å². The van der Waals surface area contributed by atoms with E-state index in [1.54, 1.807) is 0 Å². The van der Waals surface area contributed by atoms with Crippen molar-refractivity contribution in [2.75, 3.05) is 5.73 Å². The standard InChI is InChI=1S/C19H33N/c1-3-4-5-6-7-8-9-10-11-12-13-18-15-14-17(2)19(20)16-18/h14-16H,3-13,20H2,1-2H3. The molecule has 0 aliphatic carbocycles. The lowest BCUT2D eigenvalue weighted by Crippen LogP contribution is -1.93. The van der Waals surface area contributed by atoms with Gasteiger partial charge in [0.25, 0.3) is 0 Å². The molecule has 1 nitrogen and oxygen atoms in total. The van der Waals surface area contributed by atoms with Crippen LogP contribution in [0.25, 0.3) is 0 Å². The Morgan fingerprint density at radius 2 is 1.35 bits per heavy atom. The molecule has 0 saturated heterocycles. The minimum absolute atomic E-state index is 0.939. The maximum Gasteiger partial charge on any atom is 0.0346 e. The van der Waals surface area contributed by atoms with Crippen LogP contribution in [0.3, 0.4) is 0 Å². The maximum atomic E-state index is 5.94. The van der Waals surface area contributed by atoms with Crippen molar-refractivity contribution in [1.82, 2.24) is 0 Å². The van der Waals surface area contributed by atoms with Crippen molar-refractivity contribution in [3.8, 4) is 0 Å². The normalized spacial score (nSPS) is 10.9. The molecule has 0 atom stereocenters. The van der Waals surface area contributed by atoms with Crippen LogP contribution in [0.1, 0.15) is 82.3 Å². The minimum Gasteiger partial charge on any atom is -0.399 e. The number of hydrogen-bond donors (Lipinski definition) is 1. The van der Waals surface area contributed by atoms with Gasteiger partial charge in [0, 0.05) is 5.69 Å². The van der Waals surface area contributed by atoms with Crippen LogP contribution >= 0.6 is 0 Å². The SMILES string of the molecule is CCCCCCCCCCCCc1ccc(C)c(N)c1. The molecule has 0 aromatic heterocycles. The second-order valence-corrected chi connectivity index (χ2v) is 6.12. The number of anilines is 1. The van der Waals surface area contributed by atoms with Gasteiger partial charge >= 0.3 is 0 Å². The van der Waals surface area contributed by atoms with Crippen LogP contribution in [0.2, 0.25) is 0 Å². The Morgan fingerprint density at radius 3 is 1.90 bits per heavy atom. The molecule has 0 spiro atoms. The van der Waals surface area contributed by atoms with E-state index in [1.807, 2.05) is 0 Å². The summed E-state index contributed by atoms with van der Waals surface area (Å²) in [6.45, 7) is 4.35. The van der Waals surface area contributed by atoms with Gasteiger partial charge < -0.3 is 5.73 Å². The van der Waals surface area contributed by atoms with E-state index in [4.69, 9.17) is 5.73 Å². The Balaban J connectivity index is 1.95. The van der Waals surface area contributed by atoms with E-state index < -0.39 is 0 Å². The first-order chi connectivity index (χ1) is 9.74. The fourth-order valence-corrected chi connectivity index (χ4v) is 2.66. The van der Waals surface area contributed by atoms with Gasteiger partial charge in [-0.25, -0.2) is 0 Å². The van der Waals surface area contributed by atoms with E-state index >= 15 is 0 Å². The molecule has 0 aliphatic rings. The molecular weight excluding hydrogens is 242 g/mol. The summed E-state index contributed by atoms with van der Waals surface area (Å²) >= 11 is 0. The number of unbranched alkanes of at least 4 members (excludes halogenated alkanes) is 9. The lowest BCUT2D eigenvalue weighted by Gasteiger charge is -2.05. The van der Waals surface area contributed by atoms with Gasteiger partial charge in [-0.1, -0.05) is 76.8 Å². The molecular formula is C19H33N. The first-order valence-electron chi connectivity index (χ1n) is 8.59. The zero-order valence-corrected chi connectivity index (χ0v) is 13.6. The Kier molecular flexibility index (Phi) is 9.19. The third-order valence-electron chi connectivity index (χ3n) is 4.16. The molecule has 0 bridgehead atoms. The molecule has 1 heteroatoms. The largest absolute Gasteiger partial charge is 0.399 e. The highest BCUT2D eigenvalue weighted by atomic mass is 14.5. The van der Waals surface area contributed by atoms with Crippen molar-refractivity contribution in [2.45, 2.75) is 84.5 Å². The van der Waals surface area contributed by atoms with Gasteiger partial charge in [0.15, 0.2) is 0 Å². The van der Waals surface area contributed by atoms with Crippen molar-refractivity contribution in [3.05, 3.63) is 29.3 Å². The Hall–Kier alpha value is -0.980. The van der Waals surface area contributed by atoms with Crippen LogP contribution in [-0.2, 0) is 6.42 Å². The van der Waals surface area contributed by atoms with Crippen LogP contribution in [-0.4, -0.2) is 0 Å². The summed E-state index contributed by atoms with van der Waals surface area (Å²) in [5, 5.41) is 0. The molecule has 1 rings (SSSR count).